The van der Waals surface area contributed by atoms with Crippen LogP contribution < -0.4 is 5.73 Å². The Hall–Kier alpha value is -0.350. The number of amides is 1. The molecule has 0 fully saturated rings. The van der Waals surface area contributed by atoms with Gasteiger partial charge in [0.2, 0.25) is 5.91 Å². The van der Waals surface area contributed by atoms with Crippen LogP contribution in [-0.2, 0) is 0 Å². The molecule has 1 aromatic rings. The first-order valence-electron chi connectivity index (χ1n) is 3.28. The molecule has 0 unspecified atom stereocenters. The quantitative estimate of drug-likeness (QED) is 0.849. The van der Waals surface area contributed by atoms with Crippen molar-refractivity contribution in [2.45, 2.75) is 6.92 Å². The third-order valence-electron chi connectivity index (χ3n) is 1.60. The fourth-order valence-corrected chi connectivity index (χ4v) is 1.69. The lowest BCUT2D eigenvalue weighted by Crippen LogP contribution is -2.12. The summed E-state index contributed by atoms with van der Waals surface area (Å²) in [5.41, 5.74) is 6.56. The molecule has 0 aliphatic heterocycles. The third-order valence-corrected chi connectivity index (χ3v) is 3.82. The van der Waals surface area contributed by atoms with Crippen molar-refractivity contribution < 1.29 is 4.79 Å². The van der Waals surface area contributed by atoms with E-state index >= 15 is 0 Å². The van der Waals surface area contributed by atoms with Gasteiger partial charge in [-0.05, 0) is 56.5 Å². The van der Waals surface area contributed by atoms with Gasteiger partial charge in [0, 0.05) is 14.5 Å². The second-order valence-corrected chi connectivity index (χ2v) is 4.05. The Bertz CT molecular complexity index is 336. The highest BCUT2D eigenvalue weighted by molar-refractivity contribution is 9.13. The van der Waals surface area contributed by atoms with Gasteiger partial charge in [-0.1, -0.05) is 0 Å². The standard InChI is InChI=1S/C8H7Br2NO/c1-4-5(8(11)12)2-3-6(9)7(4)10/h2-3H,1H3,(H2,11,12). The lowest BCUT2D eigenvalue weighted by molar-refractivity contribution is 0.0999. The number of halogens is 2. The van der Waals surface area contributed by atoms with Gasteiger partial charge in [0.15, 0.2) is 0 Å². The zero-order chi connectivity index (χ0) is 9.30. The summed E-state index contributed by atoms with van der Waals surface area (Å²) in [6.07, 6.45) is 0. The van der Waals surface area contributed by atoms with Crippen LogP contribution in [0.15, 0.2) is 21.1 Å². The summed E-state index contributed by atoms with van der Waals surface area (Å²) < 4.78 is 1.80. The topological polar surface area (TPSA) is 43.1 Å². The second-order valence-electron chi connectivity index (χ2n) is 2.40. The van der Waals surface area contributed by atoms with E-state index in [1.165, 1.54) is 0 Å². The van der Waals surface area contributed by atoms with Gasteiger partial charge >= 0.3 is 0 Å². The van der Waals surface area contributed by atoms with Gasteiger partial charge in [-0.25, -0.2) is 0 Å². The Morgan fingerprint density at radius 1 is 1.42 bits per heavy atom. The molecular weight excluding hydrogens is 286 g/mol. The lowest BCUT2D eigenvalue weighted by Gasteiger charge is -2.04. The average molecular weight is 293 g/mol. The van der Waals surface area contributed by atoms with Gasteiger partial charge in [0.25, 0.3) is 0 Å². The molecule has 0 spiro atoms. The van der Waals surface area contributed by atoms with Crippen molar-refractivity contribution in [2.75, 3.05) is 0 Å². The summed E-state index contributed by atoms with van der Waals surface area (Å²) in [7, 11) is 0. The Kier molecular flexibility index (Phi) is 2.90. The molecule has 0 heterocycles. The molecule has 2 N–H and O–H groups in total. The van der Waals surface area contributed by atoms with E-state index in [-0.39, 0.29) is 0 Å². The van der Waals surface area contributed by atoms with Gasteiger partial charge in [0.05, 0.1) is 0 Å². The zero-order valence-electron chi connectivity index (χ0n) is 6.40. The first kappa shape index (κ1) is 9.74. The largest absolute Gasteiger partial charge is 0.366 e. The van der Waals surface area contributed by atoms with Gasteiger partial charge in [-0.15, -0.1) is 0 Å². The number of benzene rings is 1. The number of carbonyl (C=O) groups is 1. The van der Waals surface area contributed by atoms with Crippen molar-refractivity contribution in [3.8, 4) is 0 Å². The van der Waals surface area contributed by atoms with Crippen molar-refractivity contribution in [3.63, 3.8) is 0 Å². The predicted molar refractivity (Wildman–Crippen MR) is 55.1 cm³/mol. The highest BCUT2D eigenvalue weighted by atomic mass is 79.9. The van der Waals surface area contributed by atoms with E-state index in [1.807, 2.05) is 6.92 Å². The Labute approximate surface area is 87.4 Å². The minimum atomic E-state index is -0.402. The summed E-state index contributed by atoms with van der Waals surface area (Å²) in [6, 6.07) is 3.49. The number of nitrogens with two attached hydrogens (primary N) is 1. The summed E-state index contributed by atoms with van der Waals surface area (Å²) in [5.74, 6) is -0.402. The molecule has 0 aliphatic rings. The van der Waals surface area contributed by atoms with Crippen LogP contribution in [-0.4, -0.2) is 5.91 Å². The fraction of sp³-hybridized carbons (Fsp3) is 0.125. The molecule has 1 aromatic carbocycles. The van der Waals surface area contributed by atoms with E-state index in [0.717, 1.165) is 14.5 Å². The predicted octanol–water partition coefficient (Wildman–Crippen LogP) is 2.62. The van der Waals surface area contributed by atoms with Gasteiger partial charge in [-0.3, -0.25) is 4.79 Å². The Balaban J connectivity index is 3.36. The van der Waals surface area contributed by atoms with Crippen LogP contribution >= 0.6 is 31.9 Å². The minimum absolute atomic E-state index is 0.402. The molecule has 0 aliphatic carbocycles. The van der Waals surface area contributed by atoms with Crippen LogP contribution in [0.3, 0.4) is 0 Å². The van der Waals surface area contributed by atoms with Gasteiger partial charge < -0.3 is 5.73 Å². The first-order valence-corrected chi connectivity index (χ1v) is 4.87. The third kappa shape index (κ3) is 1.69. The molecule has 0 saturated heterocycles. The average Bonchev–Trinajstić information content (AvgIpc) is 2.00. The van der Waals surface area contributed by atoms with Gasteiger partial charge in [0.1, 0.15) is 0 Å². The molecule has 12 heavy (non-hydrogen) atoms. The summed E-state index contributed by atoms with van der Waals surface area (Å²) in [4.78, 5) is 10.9. The number of carbonyl (C=O) groups excluding carboxylic acids is 1. The van der Waals surface area contributed by atoms with E-state index in [0.29, 0.717) is 5.56 Å². The second kappa shape index (κ2) is 3.58. The van der Waals surface area contributed by atoms with Crippen molar-refractivity contribution in [2.24, 2.45) is 5.73 Å². The molecule has 4 heteroatoms. The molecule has 1 rings (SSSR count). The van der Waals surface area contributed by atoms with Gasteiger partial charge in [-0.2, -0.15) is 0 Å². The maximum Gasteiger partial charge on any atom is 0.249 e. The Morgan fingerprint density at radius 2 is 2.00 bits per heavy atom. The van der Waals surface area contributed by atoms with Crippen molar-refractivity contribution in [3.05, 3.63) is 32.2 Å². The van der Waals surface area contributed by atoms with Crippen LogP contribution in [0.4, 0.5) is 0 Å². The van der Waals surface area contributed by atoms with E-state index in [1.54, 1.807) is 12.1 Å². The molecule has 0 bridgehead atoms. The van der Waals surface area contributed by atoms with Crippen LogP contribution in [0.1, 0.15) is 15.9 Å². The van der Waals surface area contributed by atoms with E-state index < -0.39 is 5.91 Å². The van der Waals surface area contributed by atoms with Crippen molar-refractivity contribution >= 4 is 37.8 Å². The van der Waals surface area contributed by atoms with Crippen LogP contribution in [0.25, 0.3) is 0 Å². The molecule has 0 atom stereocenters. The smallest absolute Gasteiger partial charge is 0.249 e. The SMILES string of the molecule is Cc1c(C(N)=O)ccc(Br)c1Br. The normalized spacial score (nSPS) is 9.92. The molecule has 0 saturated carbocycles. The highest BCUT2D eigenvalue weighted by Gasteiger charge is 2.09. The number of hydrogen-bond acceptors (Lipinski definition) is 1. The maximum atomic E-state index is 10.9. The summed E-state index contributed by atoms with van der Waals surface area (Å²) in [5, 5.41) is 0. The number of hydrogen-bond donors (Lipinski definition) is 1. The van der Waals surface area contributed by atoms with Crippen LogP contribution in [0, 0.1) is 6.92 Å². The molecule has 2 nitrogen and oxygen atoms in total. The maximum absolute atomic E-state index is 10.9. The van der Waals surface area contributed by atoms with E-state index in [2.05, 4.69) is 31.9 Å². The van der Waals surface area contributed by atoms with Crippen molar-refractivity contribution in [1.29, 1.82) is 0 Å². The molecule has 0 aromatic heterocycles. The Morgan fingerprint density at radius 3 is 2.50 bits per heavy atom. The van der Waals surface area contributed by atoms with E-state index in [9.17, 15) is 4.79 Å². The summed E-state index contributed by atoms with van der Waals surface area (Å²) in [6.45, 7) is 1.84. The van der Waals surface area contributed by atoms with E-state index in [4.69, 9.17) is 5.73 Å². The molecule has 64 valence electrons. The minimum Gasteiger partial charge on any atom is -0.366 e. The van der Waals surface area contributed by atoms with Crippen molar-refractivity contribution in [1.82, 2.24) is 0 Å². The number of rotatable bonds is 1. The monoisotopic (exact) mass is 291 g/mol. The lowest BCUT2D eigenvalue weighted by atomic mass is 10.1. The first-order chi connectivity index (χ1) is 5.54. The molecular formula is C8H7Br2NO. The fourth-order valence-electron chi connectivity index (χ4n) is 0.919. The number of primary amides is 1. The molecule has 1 amide bonds. The van der Waals surface area contributed by atoms with Crippen LogP contribution in [0.5, 0.6) is 0 Å². The van der Waals surface area contributed by atoms with Crippen LogP contribution in [0.2, 0.25) is 0 Å². The summed E-state index contributed by atoms with van der Waals surface area (Å²) >= 11 is 6.67. The molecule has 0 radical (unpaired) electrons. The highest BCUT2D eigenvalue weighted by Crippen LogP contribution is 2.28. The zero-order valence-corrected chi connectivity index (χ0v) is 9.57.